The number of methoxy groups -OCH3 is 1. The van der Waals surface area contributed by atoms with E-state index in [2.05, 4.69) is 9.98 Å². The van der Waals surface area contributed by atoms with Crippen molar-refractivity contribution in [2.75, 3.05) is 13.7 Å². The molecule has 0 aliphatic carbocycles. The number of benzene rings is 1. The van der Waals surface area contributed by atoms with Gasteiger partial charge in [-0.15, -0.1) is 0 Å². The molecule has 0 saturated carbocycles. The molecule has 1 aromatic heterocycles. The molecular weight excluding hydrogens is 322 g/mol. The van der Waals surface area contributed by atoms with Crippen LogP contribution in [0.5, 0.6) is 5.75 Å². The van der Waals surface area contributed by atoms with E-state index >= 15 is 0 Å². The third-order valence-corrected chi connectivity index (χ3v) is 4.48. The Balaban J connectivity index is 1.89. The van der Waals surface area contributed by atoms with E-state index in [1.165, 1.54) is 11.8 Å². The predicted molar refractivity (Wildman–Crippen MR) is 97.3 cm³/mol. The third kappa shape index (κ3) is 3.49. The SMILES string of the molecule is CCN1C(=O)/C(=C/c2ccc(OC)cc2)S/C1=N/c1ccccn1. The van der Waals surface area contributed by atoms with Gasteiger partial charge in [-0.2, -0.15) is 0 Å². The number of nitrogens with zero attached hydrogens (tertiary/aromatic N) is 3. The number of thioether (sulfide) groups is 1. The maximum atomic E-state index is 12.6. The second-order valence-corrected chi connectivity index (χ2v) is 6.02. The maximum absolute atomic E-state index is 12.6. The van der Waals surface area contributed by atoms with Crippen molar-refractivity contribution in [2.24, 2.45) is 4.99 Å². The fraction of sp³-hybridized carbons (Fsp3) is 0.167. The molecule has 0 spiro atoms. The van der Waals surface area contributed by atoms with Crippen molar-refractivity contribution in [2.45, 2.75) is 6.92 Å². The number of aromatic nitrogens is 1. The van der Waals surface area contributed by atoms with Gasteiger partial charge in [-0.25, -0.2) is 9.98 Å². The first-order valence-electron chi connectivity index (χ1n) is 7.56. The summed E-state index contributed by atoms with van der Waals surface area (Å²) < 4.78 is 5.15. The standard InChI is InChI=1S/C18H17N3O2S/c1-3-21-17(22)15(12-13-7-9-14(23-2)10-8-13)24-18(21)20-16-6-4-5-11-19-16/h4-12H,3H2,1-2H3/b15-12-,20-18+. The summed E-state index contributed by atoms with van der Waals surface area (Å²) >= 11 is 1.37. The lowest BCUT2D eigenvalue weighted by Crippen LogP contribution is -2.28. The number of likely N-dealkylation sites (N-methyl/N-ethyl adjacent to an activating group) is 1. The van der Waals surface area contributed by atoms with E-state index < -0.39 is 0 Å². The van der Waals surface area contributed by atoms with Crippen LogP contribution in [0.2, 0.25) is 0 Å². The van der Waals surface area contributed by atoms with Crippen molar-refractivity contribution in [3.8, 4) is 5.75 Å². The molecule has 1 amide bonds. The molecule has 3 rings (SSSR count). The van der Waals surface area contributed by atoms with Crippen LogP contribution in [0.4, 0.5) is 5.82 Å². The number of rotatable bonds is 4. The molecule has 0 atom stereocenters. The van der Waals surface area contributed by atoms with Crippen LogP contribution in [-0.4, -0.2) is 34.6 Å². The van der Waals surface area contributed by atoms with Crippen LogP contribution in [-0.2, 0) is 4.79 Å². The summed E-state index contributed by atoms with van der Waals surface area (Å²) in [6.07, 6.45) is 3.56. The van der Waals surface area contributed by atoms with Gasteiger partial charge in [-0.05, 0) is 54.6 Å². The Labute approximate surface area is 145 Å². The molecule has 5 nitrogen and oxygen atoms in total. The number of amidine groups is 1. The van der Waals surface area contributed by atoms with E-state index in [9.17, 15) is 4.79 Å². The molecule has 2 heterocycles. The van der Waals surface area contributed by atoms with Crippen LogP contribution >= 0.6 is 11.8 Å². The van der Waals surface area contributed by atoms with Gasteiger partial charge in [0.1, 0.15) is 5.75 Å². The van der Waals surface area contributed by atoms with Gasteiger partial charge in [0.05, 0.1) is 12.0 Å². The third-order valence-electron chi connectivity index (χ3n) is 3.48. The second-order valence-electron chi connectivity index (χ2n) is 5.02. The molecule has 1 fully saturated rings. The summed E-state index contributed by atoms with van der Waals surface area (Å²) in [5, 5.41) is 0.654. The first-order valence-corrected chi connectivity index (χ1v) is 8.38. The Bertz CT molecular complexity index is 786. The summed E-state index contributed by atoms with van der Waals surface area (Å²) in [5.74, 6) is 1.35. The summed E-state index contributed by atoms with van der Waals surface area (Å²) in [7, 11) is 1.63. The van der Waals surface area contributed by atoms with E-state index in [-0.39, 0.29) is 5.91 Å². The Morgan fingerprint density at radius 1 is 1.25 bits per heavy atom. The smallest absolute Gasteiger partial charge is 0.266 e. The van der Waals surface area contributed by atoms with E-state index in [0.717, 1.165) is 11.3 Å². The minimum absolute atomic E-state index is 0.0343. The predicted octanol–water partition coefficient (Wildman–Crippen LogP) is 3.71. The lowest BCUT2D eigenvalue weighted by Gasteiger charge is -2.11. The van der Waals surface area contributed by atoms with E-state index in [0.29, 0.717) is 22.4 Å². The van der Waals surface area contributed by atoms with Gasteiger partial charge in [-0.3, -0.25) is 9.69 Å². The largest absolute Gasteiger partial charge is 0.497 e. The van der Waals surface area contributed by atoms with Gasteiger partial charge in [-0.1, -0.05) is 18.2 Å². The normalized spacial score (nSPS) is 17.8. The number of hydrogen-bond donors (Lipinski definition) is 0. The van der Waals surface area contributed by atoms with Crippen LogP contribution in [0.15, 0.2) is 58.6 Å². The molecule has 0 N–H and O–H groups in total. The fourth-order valence-electron chi connectivity index (χ4n) is 2.24. The highest BCUT2D eigenvalue weighted by Crippen LogP contribution is 2.33. The van der Waals surface area contributed by atoms with Crippen LogP contribution in [0.1, 0.15) is 12.5 Å². The monoisotopic (exact) mass is 339 g/mol. The molecule has 6 heteroatoms. The Morgan fingerprint density at radius 3 is 2.67 bits per heavy atom. The van der Waals surface area contributed by atoms with Crippen LogP contribution in [0, 0.1) is 0 Å². The summed E-state index contributed by atoms with van der Waals surface area (Å²) in [6, 6.07) is 13.1. The van der Waals surface area contributed by atoms with Crippen molar-refractivity contribution in [1.82, 2.24) is 9.88 Å². The molecule has 1 aliphatic heterocycles. The summed E-state index contributed by atoms with van der Waals surface area (Å²) in [4.78, 5) is 23.6. The minimum atomic E-state index is -0.0343. The highest BCUT2D eigenvalue weighted by molar-refractivity contribution is 8.18. The molecule has 2 aromatic rings. The molecule has 0 unspecified atom stereocenters. The van der Waals surface area contributed by atoms with Gasteiger partial charge >= 0.3 is 0 Å². The molecule has 24 heavy (non-hydrogen) atoms. The highest BCUT2D eigenvalue weighted by Gasteiger charge is 2.32. The molecule has 1 saturated heterocycles. The van der Waals surface area contributed by atoms with E-state index in [4.69, 9.17) is 4.74 Å². The Hall–Kier alpha value is -2.60. The Morgan fingerprint density at radius 2 is 2.04 bits per heavy atom. The minimum Gasteiger partial charge on any atom is -0.497 e. The average Bonchev–Trinajstić information content (AvgIpc) is 2.91. The first kappa shape index (κ1) is 16.3. The molecule has 1 aliphatic rings. The highest BCUT2D eigenvalue weighted by atomic mass is 32.2. The topological polar surface area (TPSA) is 54.8 Å². The number of amides is 1. The molecule has 1 aromatic carbocycles. The van der Waals surface area contributed by atoms with Gasteiger partial charge in [0, 0.05) is 12.7 Å². The number of hydrogen-bond acceptors (Lipinski definition) is 5. The maximum Gasteiger partial charge on any atom is 0.266 e. The van der Waals surface area contributed by atoms with Crippen LogP contribution in [0.25, 0.3) is 6.08 Å². The van der Waals surface area contributed by atoms with Gasteiger partial charge in [0.2, 0.25) is 0 Å². The quantitative estimate of drug-likeness (QED) is 0.797. The Kier molecular flexibility index (Phi) is 4.96. The molecular formula is C18H17N3O2S. The van der Waals surface area contributed by atoms with Crippen molar-refractivity contribution in [3.05, 3.63) is 59.1 Å². The van der Waals surface area contributed by atoms with Crippen molar-refractivity contribution >= 4 is 34.7 Å². The van der Waals surface area contributed by atoms with Crippen molar-refractivity contribution < 1.29 is 9.53 Å². The average molecular weight is 339 g/mol. The lowest BCUT2D eigenvalue weighted by molar-refractivity contribution is -0.122. The van der Waals surface area contributed by atoms with Gasteiger partial charge in [0.15, 0.2) is 11.0 Å². The number of aliphatic imine (C=N–C) groups is 1. The first-order chi connectivity index (χ1) is 11.7. The number of carbonyl (C=O) groups is 1. The number of carbonyl (C=O) groups excluding carboxylic acids is 1. The zero-order valence-corrected chi connectivity index (χ0v) is 14.3. The fourth-order valence-corrected chi connectivity index (χ4v) is 3.29. The second kappa shape index (κ2) is 7.31. The summed E-state index contributed by atoms with van der Waals surface area (Å²) in [6.45, 7) is 2.50. The molecule has 122 valence electrons. The number of ether oxygens (including phenoxy) is 1. The molecule has 0 radical (unpaired) electrons. The van der Waals surface area contributed by atoms with Crippen LogP contribution < -0.4 is 4.74 Å². The van der Waals surface area contributed by atoms with Gasteiger partial charge in [0.25, 0.3) is 5.91 Å². The van der Waals surface area contributed by atoms with Crippen LogP contribution in [0.3, 0.4) is 0 Å². The number of pyridine rings is 1. The lowest BCUT2D eigenvalue weighted by atomic mass is 10.2. The van der Waals surface area contributed by atoms with Crippen molar-refractivity contribution in [1.29, 1.82) is 0 Å². The van der Waals surface area contributed by atoms with E-state index in [1.807, 2.05) is 55.5 Å². The zero-order chi connectivity index (χ0) is 16.9. The zero-order valence-electron chi connectivity index (χ0n) is 13.5. The van der Waals surface area contributed by atoms with Crippen molar-refractivity contribution in [3.63, 3.8) is 0 Å². The van der Waals surface area contributed by atoms with E-state index in [1.54, 1.807) is 18.2 Å². The summed E-state index contributed by atoms with van der Waals surface area (Å²) in [5.41, 5.74) is 0.946. The molecule has 0 bridgehead atoms. The van der Waals surface area contributed by atoms with Gasteiger partial charge < -0.3 is 4.74 Å².